The molecule has 0 aliphatic carbocycles. The second kappa shape index (κ2) is 6.62. The summed E-state index contributed by atoms with van der Waals surface area (Å²) in [6, 6.07) is 2.55. The summed E-state index contributed by atoms with van der Waals surface area (Å²) in [4.78, 5) is 9.21. The van der Waals surface area contributed by atoms with Gasteiger partial charge in [0, 0.05) is 11.7 Å². The Morgan fingerprint density at radius 3 is 2.62 bits per heavy atom. The largest absolute Gasteiger partial charge is 0.407 e. The van der Waals surface area contributed by atoms with Crippen molar-refractivity contribution in [1.29, 1.82) is 0 Å². The fraction of sp³-hybridized carbons (Fsp3) is 0.368. The lowest BCUT2D eigenvalue weighted by atomic mass is 10.0. The third-order valence-electron chi connectivity index (χ3n) is 5.04. The summed E-state index contributed by atoms with van der Waals surface area (Å²) in [6.45, 7) is 12.6. The van der Waals surface area contributed by atoms with E-state index in [1.807, 2.05) is 6.92 Å². The molecular formula is C19H16F3N5O2. The molecule has 29 heavy (non-hydrogen) atoms. The first-order valence-corrected chi connectivity index (χ1v) is 8.83. The number of hydrogen-bond donors (Lipinski definition) is 0. The van der Waals surface area contributed by atoms with Crippen molar-refractivity contribution in [3.8, 4) is 11.5 Å². The van der Waals surface area contributed by atoms with Gasteiger partial charge in [-0.15, -0.1) is 0 Å². The highest BCUT2D eigenvalue weighted by atomic mass is 19.4. The Kier molecular flexibility index (Phi) is 4.33. The van der Waals surface area contributed by atoms with E-state index in [4.69, 9.17) is 15.6 Å². The molecule has 1 unspecified atom stereocenters. The molecule has 0 spiro atoms. The molecule has 1 aliphatic rings. The number of aromatic nitrogens is 3. The number of rotatable bonds is 3. The monoisotopic (exact) mass is 403 g/mol. The number of halogens is 3. The zero-order chi connectivity index (χ0) is 20.9. The van der Waals surface area contributed by atoms with Crippen LogP contribution in [0.15, 0.2) is 21.2 Å². The molecule has 2 aromatic heterocycles. The highest BCUT2D eigenvalue weighted by molar-refractivity contribution is 5.71. The van der Waals surface area contributed by atoms with E-state index >= 15 is 0 Å². The maximum Gasteiger partial charge on any atom is 0.407 e. The van der Waals surface area contributed by atoms with E-state index < -0.39 is 11.7 Å². The van der Waals surface area contributed by atoms with Crippen LogP contribution in [0.3, 0.4) is 0 Å². The van der Waals surface area contributed by atoms with Crippen LogP contribution >= 0.6 is 0 Å². The molecule has 3 heterocycles. The molecule has 0 fully saturated rings. The molecule has 1 aliphatic heterocycles. The van der Waals surface area contributed by atoms with Crippen LogP contribution in [-0.4, -0.2) is 21.3 Å². The molecule has 0 amide bonds. The van der Waals surface area contributed by atoms with E-state index in [9.17, 15) is 13.2 Å². The maximum atomic E-state index is 13.6. The van der Waals surface area contributed by atoms with Gasteiger partial charge < -0.3 is 13.9 Å². The van der Waals surface area contributed by atoms with Gasteiger partial charge in [0.05, 0.1) is 24.4 Å². The lowest BCUT2D eigenvalue weighted by Crippen LogP contribution is -2.29. The smallest absolute Gasteiger partial charge is 0.361 e. The number of aryl methyl sites for hydroxylation is 2. The van der Waals surface area contributed by atoms with Crippen LogP contribution in [0.4, 0.5) is 24.5 Å². The molecule has 10 heteroatoms. The summed E-state index contributed by atoms with van der Waals surface area (Å²) in [6.07, 6.45) is -4.41. The molecule has 7 nitrogen and oxygen atoms in total. The van der Waals surface area contributed by atoms with E-state index in [0.29, 0.717) is 28.5 Å². The second-order valence-corrected chi connectivity index (χ2v) is 6.96. The Labute approximate surface area is 163 Å². The standard InChI is InChI=1S/C19H16F3N5O2/c1-9-7-12-14(6-5-13(23-4)17(12)19(20,21)22)27(9)8-15-24-18(29-26-15)16-10(2)25-28-11(16)3/h5-6,9H,7-8H2,1-3H3. The highest BCUT2D eigenvalue weighted by Crippen LogP contribution is 2.46. The van der Waals surface area contributed by atoms with Gasteiger partial charge in [0.25, 0.3) is 5.89 Å². The van der Waals surface area contributed by atoms with Gasteiger partial charge in [0.1, 0.15) is 11.3 Å². The molecule has 1 aromatic carbocycles. The van der Waals surface area contributed by atoms with Crippen LogP contribution < -0.4 is 4.90 Å². The van der Waals surface area contributed by atoms with Crippen molar-refractivity contribution in [3.05, 3.63) is 52.0 Å². The van der Waals surface area contributed by atoms with Gasteiger partial charge >= 0.3 is 6.18 Å². The van der Waals surface area contributed by atoms with Crippen LogP contribution in [0.25, 0.3) is 16.3 Å². The molecule has 0 N–H and O–H groups in total. The first kappa shape index (κ1) is 19.0. The van der Waals surface area contributed by atoms with Crippen molar-refractivity contribution in [3.63, 3.8) is 0 Å². The zero-order valence-electron chi connectivity index (χ0n) is 15.8. The number of benzene rings is 1. The van der Waals surface area contributed by atoms with Crippen molar-refractivity contribution < 1.29 is 22.2 Å². The van der Waals surface area contributed by atoms with Crippen molar-refractivity contribution in [2.45, 2.75) is 46.0 Å². The van der Waals surface area contributed by atoms with Gasteiger partial charge in [-0.3, -0.25) is 0 Å². The quantitative estimate of drug-likeness (QED) is 0.582. The lowest BCUT2D eigenvalue weighted by Gasteiger charge is -2.23. The van der Waals surface area contributed by atoms with Gasteiger partial charge in [-0.2, -0.15) is 18.2 Å². The molecular weight excluding hydrogens is 387 g/mol. The predicted octanol–water partition coefficient (Wildman–Crippen LogP) is 4.86. The van der Waals surface area contributed by atoms with Gasteiger partial charge in [-0.05, 0) is 38.8 Å². The van der Waals surface area contributed by atoms with E-state index in [1.54, 1.807) is 24.8 Å². The van der Waals surface area contributed by atoms with Gasteiger partial charge in [0.15, 0.2) is 11.5 Å². The third kappa shape index (κ3) is 3.12. The average molecular weight is 403 g/mol. The van der Waals surface area contributed by atoms with Crippen molar-refractivity contribution >= 4 is 11.4 Å². The SMILES string of the molecule is [C-]#[N+]c1ccc2c(c1C(F)(F)F)CC(C)N2Cc1noc(-c2c(C)noc2C)n1. The number of fused-ring (bicyclic) bond motifs is 1. The van der Waals surface area contributed by atoms with Gasteiger partial charge in [-0.1, -0.05) is 16.4 Å². The summed E-state index contributed by atoms with van der Waals surface area (Å²) >= 11 is 0. The summed E-state index contributed by atoms with van der Waals surface area (Å²) in [5.41, 5.74) is 0.544. The normalized spacial score (nSPS) is 16.2. The van der Waals surface area contributed by atoms with Crippen LogP contribution in [-0.2, 0) is 19.1 Å². The Morgan fingerprint density at radius 2 is 2.00 bits per heavy atom. The van der Waals surface area contributed by atoms with Crippen molar-refractivity contribution in [2.75, 3.05) is 4.90 Å². The fourth-order valence-electron chi connectivity index (χ4n) is 3.75. The van der Waals surface area contributed by atoms with Crippen molar-refractivity contribution in [1.82, 2.24) is 15.3 Å². The molecule has 0 saturated heterocycles. The van der Waals surface area contributed by atoms with Crippen LogP contribution in [0.2, 0.25) is 0 Å². The van der Waals surface area contributed by atoms with Gasteiger partial charge in [0.2, 0.25) is 0 Å². The third-order valence-corrected chi connectivity index (χ3v) is 5.04. The summed E-state index contributed by atoms with van der Waals surface area (Å²) < 4.78 is 51.2. The molecule has 0 bridgehead atoms. The maximum absolute atomic E-state index is 13.6. The van der Waals surface area contributed by atoms with E-state index in [2.05, 4.69) is 20.1 Å². The fourth-order valence-corrected chi connectivity index (χ4v) is 3.75. The Morgan fingerprint density at radius 1 is 1.24 bits per heavy atom. The summed E-state index contributed by atoms with van der Waals surface area (Å²) in [5, 5.41) is 7.81. The predicted molar refractivity (Wildman–Crippen MR) is 96.3 cm³/mol. The first-order chi connectivity index (χ1) is 13.7. The van der Waals surface area contributed by atoms with E-state index in [-0.39, 0.29) is 36.1 Å². The van der Waals surface area contributed by atoms with Crippen LogP contribution in [0.5, 0.6) is 0 Å². The van der Waals surface area contributed by atoms with Crippen LogP contribution in [0, 0.1) is 20.4 Å². The first-order valence-electron chi connectivity index (χ1n) is 8.83. The minimum Gasteiger partial charge on any atom is -0.361 e. The Balaban J connectivity index is 1.69. The van der Waals surface area contributed by atoms with E-state index in [0.717, 1.165) is 0 Å². The second-order valence-electron chi connectivity index (χ2n) is 6.96. The van der Waals surface area contributed by atoms with Crippen LogP contribution in [0.1, 0.15) is 35.3 Å². The zero-order valence-corrected chi connectivity index (χ0v) is 15.8. The topological polar surface area (TPSA) is 72.6 Å². The highest BCUT2D eigenvalue weighted by Gasteiger charge is 2.41. The van der Waals surface area contributed by atoms with Crippen molar-refractivity contribution in [2.24, 2.45) is 0 Å². The Hall–Kier alpha value is -3.35. The minimum absolute atomic E-state index is 0.132. The minimum atomic E-state index is -4.59. The number of nitrogens with zero attached hydrogens (tertiary/aromatic N) is 5. The summed E-state index contributed by atoms with van der Waals surface area (Å²) in [7, 11) is 0. The molecule has 4 rings (SSSR count). The number of anilines is 1. The molecule has 1 atom stereocenters. The summed E-state index contributed by atoms with van der Waals surface area (Å²) in [5.74, 6) is 1.13. The van der Waals surface area contributed by atoms with E-state index in [1.165, 1.54) is 6.07 Å². The molecule has 150 valence electrons. The molecule has 0 saturated carbocycles. The molecule has 0 radical (unpaired) electrons. The lowest BCUT2D eigenvalue weighted by molar-refractivity contribution is -0.137. The van der Waals surface area contributed by atoms with Gasteiger partial charge in [-0.25, -0.2) is 4.85 Å². The Bertz CT molecular complexity index is 1110. The number of hydrogen-bond acceptors (Lipinski definition) is 6. The molecule has 3 aromatic rings. The average Bonchev–Trinajstić information content (AvgIpc) is 3.32. The number of alkyl halides is 3.